The van der Waals surface area contributed by atoms with Crippen molar-refractivity contribution in [1.29, 1.82) is 0 Å². The molecule has 3 rings (SSSR count). The molecule has 0 aliphatic rings. The summed E-state index contributed by atoms with van der Waals surface area (Å²) in [6.45, 7) is 1.94. The van der Waals surface area contributed by atoms with Gasteiger partial charge in [-0.05, 0) is 36.4 Å². The van der Waals surface area contributed by atoms with Gasteiger partial charge in [0.2, 0.25) is 11.1 Å². The molecule has 0 aliphatic heterocycles. The molecular formula is C18H19N5O2S. The lowest BCUT2D eigenvalue weighted by Gasteiger charge is -2.08. The first-order valence-corrected chi connectivity index (χ1v) is 9.09. The lowest BCUT2D eigenvalue weighted by atomic mass is 10.3. The summed E-state index contributed by atoms with van der Waals surface area (Å²) in [6.07, 6.45) is 0.688. The molecule has 1 heterocycles. The number of carbonyl (C=O) groups is 1. The van der Waals surface area contributed by atoms with Crippen LogP contribution in [0, 0.1) is 0 Å². The second kappa shape index (κ2) is 8.39. The smallest absolute Gasteiger partial charge is 0.234 e. The second-order valence-corrected chi connectivity index (χ2v) is 6.34. The molecule has 0 fully saturated rings. The first kappa shape index (κ1) is 17.8. The van der Waals surface area contributed by atoms with Gasteiger partial charge in [-0.3, -0.25) is 4.79 Å². The Hall–Kier alpha value is -3.00. The maximum Gasteiger partial charge on any atom is 0.234 e. The normalized spacial score (nSPS) is 10.5. The van der Waals surface area contributed by atoms with E-state index in [1.807, 2.05) is 37.3 Å². The minimum absolute atomic E-state index is 0.146. The number of para-hydroxylation sites is 1. The molecule has 0 saturated carbocycles. The van der Waals surface area contributed by atoms with Crippen LogP contribution in [0.15, 0.2) is 59.8 Å². The number of hydrogen-bond donors (Lipinski definition) is 2. The van der Waals surface area contributed by atoms with Crippen molar-refractivity contribution in [3.63, 3.8) is 0 Å². The van der Waals surface area contributed by atoms with Gasteiger partial charge in [0.05, 0.1) is 5.75 Å². The number of benzene rings is 2. The summed E-state index contributed by atoms with van der Waals surface area (Å²) in [4.78, 5) is 12.1. The molecule has 134 valence electrons. The largest absolute Gasteiger partial charge is 0.457 e. The van der Waals surface area contributed by atoms with E-state index in [-0.39, 0.29) is 11.7 Å². The molecule has 26 heavy (non-hydrogen) atoms. The van der Waals surface area contributed by atoms with Crippen LogP contribution >= 0.6 is 11.8 Å². The molecule has 0 bridgehead atoms. The van der Waals surface area contributed by atoms with Crippen LogP contribution in [0.2, 0.25) is 0 Å². The van der Waals surface area contributed by atoms with Crippen LogP contribution in [0.1, 0.15) is 12.7 Å². The monoisotopic (exact) mass is 369 g/mol. The fourth-order valence-electron chi connectivity index (χ4n) is 2.20. The Morgan fingerprint density at radius 3 is 2.46 bits per heavy atom. The zero-order chi connectivity index (χ0) is 18.4. The van der Waals surface area contributed by atoms with Crippen molar-refractivity contribution >= 4 is 23.4 Å². The summed E-state index contributed by atoms with van der Waals surface area (Å²) in [5, 5.41) is 11.3. The second-order valence-electron chi connectivity index (χ2n) is 5.40. The van der Waals surface area contributed by atoms with E-state index in [0.29, 0.717) is 28.8 Å². The van der Waals surface area contributed by atoms with Crippen LogP contribution in [-0.4, -0.2) is 26.5 Å². The Labute approximate surface area is 155 Å². The predicted octanol–water partition coefficient (Wildman–Crippen LogP) is 3.08. The fraction of sp³-hybridized carbons (Fsp3) is 0.167. The van der Waals surface area contributed by atoms with Crippen molar-refractivity contribution < 1.29 is 9.53 Å². The Morgan fingerprint density at radius 1 is 1.12 bits per heavy atom. The number of rotatable bonds is 7. The van der Waals surface area contributed by atoms with Gasteiger partial charge in [0, 0.05) is 12.1 Å². The maximum atomic E-state index is 12.1. The molecule has 0 spiro atoms. The van der Waals surface area contributed by atoms with Crippen molar-refractivity contribution in [2.45, 2.75) is 18.5 Å². The van der Waals surface area contributed by atoms with Crippen LogP contribution in [0.3, 0.4) is 0 Å². The van der Waals surface area contributed by atoms with Gasteiger partial charge in [0.1, 0.15) is 11.5 Å². The van der Waals surface area contributed by atoms with Gasteiger partial charge in [-0.15, -0.1) is 10.2 Å². The third kappa shape index (κ3) is 4.54. The van der Waals surface area contributed by atoms with Crippen LogP contribution in [0.25, 0.3) is 0 Å². The summed E-state index contributed by atoms with van der Waals surface area (Å²) < 4.78 is 7.13. The molecule has 1 aromatic heterocycles. The number of aryl methyl sites for hydroxylation is 1. The lowest BCUT2D eigenvalue weighted by molar-refractivity contribution is -0.113. The lowest BCUT2D eigenvalue weighted by Crippen LogP contribution is -2.17. The Morgan fingerprint density at radius 2 is 1.81 bits per heavy atom. The third-order valence-corrected chi connectivity index (χ3v) is 4.44. The van der Waals surface area contributed by atoms with Crippen LogP contribution < -0.4 is 15.9 Å². The molecule has 3 N–H and O–H groups in total. The van der Waals surface area contributed by atoms with Crippen molar-refractivity contribution in [3.05, 3.63) is 60.4 Å². The molecule has 3 aromatic rings. The highest BCUT2D eigenvalue weighted by Crippen LogP contribution is 2.23. The topological polar surface area (TPSA) is 95.1 Å². The number of thioether (sulfide) groups is 1. The summed E-state index contributed by atoms with van der Waals surface area (Å²) >= 11 is 1.24. The molecule has 0 aliphatic carbocycles. The molecule has 0 atom stereocenters. The molecular weight excluding hydrogens is 350 g/mol. The van der Waals surface area contributed by atoms with Crippen molar-refractivity contribution in [2.24, 2.45) is 0 Å². The van der Waals surface area contributed by atoms with Crippen LogP contribution in [-0.2, 0) is 11.2 Å². The number of nitrogens with zero attached hydrogens (tertiary/aromatic N) is 3. The molecule has 0 unspecified atom stereocenters. The summed E-state index contributed by atoms with van der Waals surface area (Å²) in [5.74, 6) is 8.05. The van der Waals surface area contributed by atoms with E-state index < -0.39 is 0 Å². The molecule has 7 nitrogen and oxygen atoms in total. The highest BCUT2D eigenvalue weighted by Gasteiger charge is 2.11. The minimum atomic E-state index is -0.146. The highest BCUT2D eigenvalue weighted by atomic mass is 32.2. The number of ether oxygens (including phenoxy) is 1. The number of nitrogen functional groups attached to an aromatic ring is 1. The van der Waals surface area contributed by atoms with Crippen molar-refractivity contribution in [2.75, 3.05) is 16.9 Å². The zero-order valence-corrected chi connectivity index (χ0v) is 15.1. The predicted molar refractivity (Wildman–Crippen MR) is 102 cm³/mol. The molecule has 2 aromatic carbocycles. The van der Waals surface area contributed by atoms with E-state index >= 15 is 0 Å². The molecule has 0 saturated heterocycles. The SMILES string of the molecule is CCc1nnc(SCC(=O)Nc2ccc(Oc3ccccc3)cc2)n1N. The van der Waals surface area contributed by atoms with Crippen LogP contribution in [0.5, 0.6) is 11.5 Å². The molecule has 0 radical (unpaired) electrons. The van der Waals surface area contributed by atoms with E-state index in [9.17, 15) is 4.79 Å². The van der Waals surface area contributed by atoms with Crippen molar-refractivity contribution in [3.8, 4) is 11.5 Å². The van der Waals surface area contributed by atoms with Gasteiger partial charge in [0.25, 0.3) is 0 Å². The third-order valence-electron chi connectivity index (χ3n) is 3.50. The molecule has 8 heteroatoms. The van der Waals surface area contributed by atoms with Gasteiger partial charge in [-0.1, -0.05) is 36.9 Å². The number of amides is 1. The summed E-state index contributed by atoms with van der Waals surface area (Å²) in [5.41, 5.74) is 0.694. The number of carbonyl (C=O) groups excluding carboxylic acids is 1. The maximum absolute atomic E-state index is 12.1. The minimum Gasteiger partial charge on any atom is -0.457 e. The standard InChI is InChI=1S/C18H19N5O2S/c1-2-16-21-22-18(23(16)19)26-12-17(24)20-13-8-10-15(11-9-13)25-14-6-4-3-5-7-14/h3-11H,2,12,19H2,1H3,(H,20,24). The number of anilines is 1. The van der Waals surface area contributed by atoms with E-state index in [0.717, 1.165) is 5.75 Å². The quantitative estimate of drug-likeness (QED) is 0.491. The Bertz CT molecular complexity index is 865. The first-order chi connectivity index (χ1) is 12.7. The average Bonchev–Trinajstić information content (AvgIpc) is 3.02. The number of hydrogen-bond acceptors (Lipinski definition) is 6. The Kier molecular flexibility index (Phi) is 5.75. The number of nitrogens with one attached hydrogen (secondary N) is 1. The van der Waals surface area contributed by atoms with Gasteiger partial charge in [0.15, 0.2) is 5.82 Å². The van der Waals surface area contributed by atoms with E-state index in [2.05, 4.69) is 15.5 Å². The van der Waals surface area contributed by atoms with Crippen LogP contribution in [0.4, 0.5) is 5.69 Å². The molecule has 1 amide bonds. The van der Waals surface area contributed by atoms with E-state index in [4.69, 9.17) is 10.6 Å². The fourth-order valence-corrected chi connectivity index (χ4v) is 2.88. The van der Waals surface area contributed by atoms with Gasteiger partial charge in [-0.25, -0.2) is 4.68 Å². The van der Waals surface area contributed by atoms with Gasteiger partial charge < -0.3 is 15.9 Å². The summed E-state index contributed by atoms with van der Waals surface area (Å²) in [7, 11) is 0. The van der Waals surface area contributed by atoms with Crippen molar-refractivity contribution in [1.82, 2.24) is 14.9 Å². The zero-order valence-electron chi connectivity index (χ0n) is 14.3. The average molecular weight is 369 g/mol. The highest BCUT2D eigenvalue weighted by molar-refractivity contribution is 7.99. The number of nitrogens with two attached hydrogens (primary N) is 1. The van der Waals surface area contributed by atoms with E-state index in [1.54, 1.807) is 24.3 Å². The van der Waals surface area contributed by atoms with Gasteiger partial charge in [-0.2, -0.15) is 0 Å². The summed E-state index contributed by atoms with van der Waals surface area (Å²) in [6, 6.07) is 16.7. The Balaban J connectivity index is 1.52. The van der Waals surface area contributed by atoms with E-state index in [1.165, 1.54) is 16.4 Å². The number of aromatic nitrogens is 3. The van der Waals surface area contributed by atoms with Gasteiger partial charge >= 0.3 is 0 Å². The first-order valence-electron chi connectivity index (χ1n) is 8.10.